The SMILES string of the molecule is CCN(Cc1cccs1)c1ccncc1CNC1CC1. The van der Waals surface area contributed by atoms with Crippen molar-refractivity contribution in [2.75, 3.05) is 11.4 Å². The lowest BCUT2D eigenvalue weighted by molar-refractivity contribution is 0.681. The van der Waals surface area contributed by atoms with E-state index in [0.29, 0.717) is 0 Å². The van der Waals surface area contributed by atoms with Crippen molar-refractivity contribution in [1.29, 1.82) is 0 Å². The lowest BCUT2D eigenvalue weighted by atomic mass is 10.2. The summed E-state index contributed by atoms with van der Waals surface area (Å²) in [4.78, 5) is 8.13. The number of hydrogen-bond acceptors (Lipinski definition) is 4. The van der Waals surface area contributed by atoms with Gasteiger partial charge >= 0.3 is 0 Å². The lowest BCUT2D eigenvalue weighted by Gasteiger charge is -2.25. The Labute approximate surface area is 124 Å². The zero-order valence-corrected chi connectivity index (χ0v) is 12.7. The van der Waals surface area contributed by atoms with Crippen LogP contribution in [0.4, 0.5) is 5.69 Å². The highest BCUT2D eigenvalue weighted by atomic mass is 32.1. The number of nitrogens with zero attached hydrogens (tertiary/aromatic N) is 2. The van der Waals surface area contributed by atoms with E-state index < -0.39 is 0 Å². The van der Waals surface area contributed by atoms with E-state index in [1.165, 1.54) is 29.0 Å². The minimum atomic E-state index is 0.732. The first-order valence-electron chi connectivity index (χ1n) is 7.30. The number of aromatic nitrogens is 1. The maximum atomic E-state index is 4.29. The third kappa shape index (κ3) is 3.38. The molecule has 0 atom stereocenters. The van der Waals surface area contributed by atoms with Crippen LogP contribution >= 0.6 is 11.3 Å². The van der Waals surface area contributed by atoms with Gasteiger partial charge in [0.15, 0.2) is 0 Å². The monoisotopic (exact) mass is 287 g/mol. The Balaban J connectivity index is 1.75. The summed E-state index contributed by atoms with van der Waals surface area (Å²) in [6, 6.07) is 7.20. The second kappa shape index (κ2) is 6.37. The van der Waals surface area contributed by atoms with E-state index in [1.807, 2.05) is 23.7 Å². The van der Waals surface area contributed by atoms with Gasteiger partial charge in [-0.1, -0.05) is 6.07 Å². The number of thiophene rings is 1. The number of rotatable bonds is 7. The van der Waals surface area contributed by atoms with Crippen LogP contribution in [-0.2, 0) is 13.1 Å². The molecule has 0 aromatic carbocycles. The molecule has 0 radical (unpaired) electrons. The van der Waals surface area contributed by atoms with Gasteiger partial charge in [0.05, 0.1) is 6.54 Å². The molecule has 0 aliphatic heterocycles. The van der Waals surface area contributed by atoms with Crippen molar-refractivity contribution >= 4 is 17.0 Å². The summed E-state index contributed by atoms with van der Waals surface area (Å²) in [5.41, 5.74) is 2.61. The van der Waals surface area contributed by atoms with Gasteiger partial charge in [-0.25, -0.2) is 0 Å². The van der Waals surface area contributed by atoms with Crippen molar-refractivity contribution in [1.82, 2.24) is 10.3 Å². The fraction of sp³-hybridized carbons (Fsp3) is 0.438. The predicted molar refractivity (Wildman–Crippen MR) is 85.1 cm³/mol. The zero-order valence-electron chi connectivity index (χ0n) is 11.9. The normalized spacial score (nSPS) is 14.4. The molecule has 4 heteroatoms. The summed E-state index contributed by atoms with van der Waals surface area (Å²) in [5, 5.41) is 5.73. The van der Waals surface area contributed by atoms with Gasteiger partial charge in [-0.3, -0.25) is 4.98 Å². The number of anilines is 1. The summed E-state index contributed by atoms with van der Waals surface area (Å²) < 4.78 is 0. The van der Waals surface area contributed by atoms with E-state index in [0.717, 1.165) is 25.7 Å². The first kappa shape index (κ1) is 13.6. The fourth-order valence-corrected chi connectivity index (χ4v) is 3.08. The third-order valence-electron chi connectivity index (χ3n) is 3.69. The minimum Gasteiger partial charge on any atom is -0.366 e. The number of nitrogens with one attached hydrogen (secondary N) is 1. The highest BCUT2D eigenvalue weighted by molar-refractivity contribution is 7.09. The van der Waals surface area contributed by atoms with Gasteiger partial charge in [-0.2, -0.15) is 0 Å². The summed E-state index contributed by atoms with van der Waals surface area (Å²) >= 11 is 1.82. The van der Waals surface area contributed by atoms with Crippen LogP contribution in [0.25, 0.3) is 0 Å². The summed E-state index contributed by atoms with van der Waals surface area (Å²) in [5.74, 6) is 0. The van der Waals surface area contributed by atoms with E-state index in [4.69, 9.17) is 0 Å². The quantitative estimate of drug-likeness (QED) is 0.845. The molecular formula is C16H21N3S. The molecule has 0 saturated heterocycles. The molecule has 0 amide bonds. The molecule has 1 aliphatic rings. The van der Waals surface area contributed by atoms with Crippen molar-refractivity contribution in [2.45, 2.75) is 38.9 Å². The largest absolute Gasteiger partial charge is 0.366 e. The van der Waals surface area contributed by atoms with E-state index in [2.05, 4.69) is 45.7 Å². The Bertz CT molecular complexity index is 534. The average molecular weight is 287 g/mol. The van der Waals surface area contributed by atoms with Crippen molar-refractivity contribution < 1.29 is 0 Å². The first-order chi connectivity index (χ1) is 9.86. The summed E-state index contributed by atoms with van der Waals surface area (Å²) in [7, 11) is 0. The fourth-order valence-electron chi connectivity index (χ4n) is 2.36. The maximum absolute atomic E-state index is 4.29. The molecule has 1 N–H and O–H groups in total. The molecule has 20 heavy (non-hydrogen) atoms. The number of pyridine rings is 1. The van der Waals surface area contributed by atoms with E-state index in [-0.39, 0.29) is 0 Å². The second-order valence-electron chi connectivity index (χ2n) is 5.25. The molecule has 0 bridgehead atoms. The molecule has 3 nitrogen and oxygen atoms in total. The van der Waals surface area contributed by atoms with Crippen molar-refractivity contribution in [3.63, 3.8) is 0 Å². The Hall–Kier alpha value is -1.39. The molecular weight excluding hydrogens is 266 g/mol. The summed E-state index contributed by atoms with van der Waals surface area (Å²) in [6.45, 7) is 5.13. The average Bonchev–Trinajstić information content (AvgIpc) is 3.18. The van der Waals surface area contributed by atoms with Gasteiger partial charge in [-0.05, 0) is 37.3 Å². The van der Waals surface area contributed by atoms with Crippen molar-refractivity contribution in [2.24, 2.45) is 0 Å². The van der Waals surface area contributed by atoms with Crippen molar-refractivity contribution in [3.8, 4) is 0 Å². The Kier molecular flexibility index (Phi) is 4.33. The molecule has 106 valence electrons. The van der Waals surface area contributed by atoms with Crippen LogP contribution in [-0.4, -0.2) is 17.6 Å². The van der Waals surface area contributed by atoms with Crippen LogP contribution in [0.15, 0.2) is 36.0 Å². The third-order valence-corrected chi connectivity index (χ3v) is 4.55. The maximum Gasteiger partial charge on any atom is 0.0522 e. The van der Waals surface area contributed by atoms with Gasteiger partial charge in [0.1, 0.15) is 0 Å². The molecule has 2 aromatic rings. The van der Waals surface area contributed by atoms with Gasteiger partial charge in [-0.15, -0.1) is 11.3 Å². The molecule has 0 unspecified atom stereocenters. The van der Waals surface area contributed by atoms with Gasteiger partial charge < -0.3 is 10.2 Å². The molecule has 3 rings (SSSR count). The Morgan fingerprint density at radius 3 is 3.00 bits per heavy atom. The number of hydrogen-bond donors (Lipinski definition) is 1. The first-order valence-corrected chi connectivity index (χ1v) is 8.18. The van der Waals surface area contributed by atoms with Crippen molar-refractivity contribution in [3.05, 3.63) is 46.4 Å². The van der Waals surface area contributed by atoms with Crippen LogP contribution < -0.4 is 10.2 Å². The predicted octanol–water partition coefficient (Wildman–Crippen LogP) is 3.42. The van der Waals surface area contributed by atoms with Crippen LogP contribution in [0, 0.1) is 0 Å². The minimum absolute atomic E-state index is 0.732. The van der Waals surface area contributed by atoms with Crippen LogP contribution in [0.3, 0.4) is 0 Å². The Morgan fingerprint density at radius 1 is 1.40 bits per heavy atom. The van der Waals surface area contributed by atoms with E-state index >= 15 is 0 Å². The molecule has 2 aromatic heterocycles. The smallest absolute Gasteiger partial charge is 0.0522 e. The van der Waals surface area contributed by atoms with Crippen LogP contribution in [0.5, 0.6) is 0 Å². The molecule has 0 spiro atoms. The molecule has 1 saturated carbocycles. The van der Waals surface area contributed by atoms with E-state index in [9.17, 15) is 0 Å². The molecule has 1 fully saturated rings. The van der Waals surface area contributed by atoms with Crippen LogP contribution in [0.1, 0.15) is 30.2 Å². The second-order valence-corrected chi connectivity index (χ2v) is 6.29. The van der Waals surface area contributed by atoms with Gasteiger partial charge in [0.2, 0.25) is 0 Å². The lowest BCUT2D eigenvalue weighted by Crippen LogP contribution is -2.25. The highest BCUT2D eigenvalue weighted by Gasteiger charge is 2.21. The van der Waals surface area contributed by atoms with Gasteiger partial charge in [0.25, 0.3) is 0 Å². The Morgan fingerprint density at radius 2 is 2.30 bits per heavy atom. The van der Waals surface area contributed by atoms with Crippen LogP contribution in [0.2, 0.25) is 0 Å². The zero-order chi connectivity index (χ0) is 13.8. The summed E-state index contributed by atoms with van der Waals surface area (Å²) in [6.07, 6.45) is 6.54. The topological polar surface area (TPSA) is 28.2 Å². The highest BCUT2D eigenvalue weighted by Crippen LogP contribution is 2.25. The van der Waals surface area contributed by atoms with E-state index in [1.54, 1.807) is 0 Å². The molecule has 2 heterocycles. The molecule has 1 aliphatic carbocycles. The standard InChI is InChI=1S/C16H21N3S/c1-2-19(12-15-4-3-9-20-15)16-7-8-17-10-13(16)11-18-14-5-6-14/h3-4,7-10,14,18H,2,5-6,11-12H2,1H3. The van der Waals surface area contributed by atoms with Gasteiger partial charge in [0, 0.05) is 47.7 Å².